The van der Waals surface area contributed by atoms with Crippen molar-refractivity contribution in [3.63, 3.8) is 0 Å². The molecule has 0 aliphatic carbocycles. The van der Waals surface area contributed by atoms with Gasteiger partial charge < -0.3 is 9.47 Å². The molecule has 0 bridgehead atoms. The van der Waals surface area contributed by atoms with Crippen molar-refractivity contribution in [2.75, 3.05) is 0 Å². The first-order valence-electron chi connectivity index (χ1n) is 7.05. The summed E-state index contributed by atoms with van der Waals surface area (Å²) in [5.74, 6) is 0.893. The van der Waals surface area contributed by atoms with Crippen LogP contribution in [0.15, 0.2) is 46.4 Å². The van der Waals surface area contributed by atoms with E-state index >= 15 is 0 Å². The maximum atomic E-state index is 11.9. The molecule has 0 N–H and O–H groups in total. The predicted molar refractivity (Wildman–Crippen MR) is 85.2 cm³/mol. The number of carbonyl (C=O) groups excluding carboxylic acids is 1. The van der Waals surface area contributed by atoms with Crippen molar-refractivity contribution in [2.45, 2.75) is 19.4 Å². The molecule has 2 aromatic rings. The summed E-state index contributed by atoms with van der Waals surface area (Å²) >= 11 is 1.50. The Hall–Kier alpha value is -2.40. The lowest BCUT2D eigenvalue weighted by molar-refractivity contribution is -0.129. The fourth-order valence-corrected chi connectivity index (χ4v) is 3.25. The molecule has 22 heavy (non-hydrogen) atoms. The fraction of sp³-hybridized carbons (Fsp3) is 0.176. The fourth-order valence-electron chi connectivity index (χ4n) is 2.60. The van der Waals surface area contributed by atoms with E-state index in [1.807, 2.05) is 42.6 Å². The van der Waals surface area contributed by atoms with Crippen LogP contribution >= 0.6 is 11.3 Å². The summed E-state index contributed by atoms with van der Waals surface area (Å²) in [6.45, 7) is 2.05. The lowest BCUT2D eigenvalue weighted by Crippen LogP contribution is -2.05. The first kappa shape index (κ1) is 13.3. The molecule has 0 unspecified atom stereocenters. The van der Waals surface area contributed by atoms with Gasteiger partial charge in [-0.05, 0) is 47.7 Å². The largest absolute Gasteiger partial charge is 0.490 e. The highest BCUT2D eigenvalue weighted by atomic mass is 32.1. The van der Waals surface area contributed by atoms with Crippen LogP contribution in [-0.4, -0.2) is 18.0 Å². The topological polar surface area (TPSA) is 47.9 Å². The molecule has 1 aromatic heterocycles. The molecule has 1 aromatic carbocycles. The molecule has 0 fully saturated rings. The number of ether oxygens (including phenoxy) is 2. The molecule has 0 amide bonds. The van der Waals surface area contributed by atoms with E-state index in [1.54, 1.807) is 6.08 Å². The molecule has 3 heterocycles. The summed E-state index contributed by atoms with van der Waals surface area (Å²) in [6, 6.07) is 9.69. The van der Waals surface area contributed by atoms with E-state index in [-0.39, 0.29) is 6.10 Å². The second-order valence-electron chi connectivity index (χ2n) is 5.31. The third-order valence-corrected chi connectivity index (χ3v) is 4.43. The van der Waals surface area contributed by atoms with E-state index in [2.05, 4.69) is 4.99 Å². The van der Waals surface area contributed by atoms with Crippen LogP contribution in [0.25, 0.3) is 6.08 Å². The summed E-state index contributed by atoms with van der Waals surface area (Å²) in [7, 11) is 0. The third-order valence-electron chi connectivity index (χ3n) is 3.58. The van der Waals surface area contributed by atoms with Crippen molar-refractivity contribution < 1.29 is 14.3 Å². The number of hydrogen-bond donors (Lipinski definition) is 0. The molecule has 4 rings (SSSR count). The zero-order chi connectivity index (χ0) is 15.1. The van der Waals surface area contributed by atoms with E-state index in [9.17, 15) is 4.79 Å². The van der Waals surface area contributed by atoms with Crippen LogP contribution in [0.4, 0.5) is 0 Å². The Bertz CT molecular complexity index is 805. The van der Waals surface area contributed by atoms with Gasteiger partial charge in [0.05, 0.1) is 4.88 Å². The average molecular weight is 311 g/mol. The molecule has 1 atom stereocenters. The smallest absolute Gasteiger partial charge is 0.363 e. The first-order chi connectivity index (χ1) is 10.7. The highest BCUT2D eigenvalue weighted by Crippen LogP contribution is 2.30. The Labute approximate surface area is 131 Å². The van der Waals surface area contributed by atoms with Crippen LogP contribution in [0.3, 0.4) is 0 Å². The van der Waals surface area contributed by atoms with Gasteiger partial charge in [-0.3, -0.25) is 0 Å². The van der Waals surface area contributed by atoms with Gasteiger partial charge in [-0.25, -0.2) is 9.79 Å². The highest BCUT2D eigenvalue weighted by molar-refractivity contribution is 7.12. The van der Waals surface area contributed by atoms with Crippen molar-refractivity contribution in [2.24, 2.45) is 4.99 Å². The molecule has 0 saturated carbocycles. The number of thiophene rings is 1. The number of cyclic esters (lactones) is 1. The van der Waals surface area contributed by atoms with Gasteiger partial charge in [0, 0.05) is 6.42 Å². The Morgan fingerprint density at radius 3 is 3.09 bits per heavy atom. The number of hydrogen-bond acceptors (Lipinski definition) is 5. The lowest BCUT2D eigenvalue weighted by atomic mass is 10.1. The van der Waals surface area contributed by atoms with Crippen LogP contribution in [-0.2, 0) is 16.0 Å². The predicted octanol–water partition coefficient (Wildman–Crippen LogP) is 3.42. The maximum absolute atomic E-state index is 11.9. The molecular weight excluding hydrogens is 298 g/mol. The van der Waals surface area contributed by atoms with Gasteiger partial charge in [-0.2, -0.15) is 0 Å². The van der Waals surface area contributed by atoms with Gasteiger partial charge >= 0.3 is 5.97 Å². The van der Waals surface area contributed by atoms with E-state index < -0.39 is 5.97 Å². The Morgan fingerprint density at radius 2 is 2.27 bits per heavy atom. The lowest BCUT2D eigenvalue weighted by Gasteiger charge is -2.02. The van der Waals surface area contributed by atoms with Gasteiger partial charge in [0.1, 0.15) is 11.9 Å². The monoisotopic (exact) mass is 311 g/mol. The third kappa shape index (κ3) is 2.33. The Kier molecular flexibility index (Phi) is 3.08. The zero-order valence-corrected chi connectivity index (χ0v) is 12.7. The van der Waals surface area contributed by atoms with Gasteiger partial charge in [0.15, 0.2) is 5.70 Å². The summed E-state index contributed by atoms with van der Waals surface area (Å²) < 4.78 is 10.9. The minimum atomic E-state index is -0.409. The minimum Gasteiger partial charge on any atom is -0.490 e. The van der Waals surface area contributed by atoms with Crippen LogP contribution in [0.5, 0.6) is 5.75 Å². The number of aliphatic imine (C=N–C) groups is 1. The minimum absolute atomic E-state index is 0.206. The van der Waals surface area contributed by atoms with Crippen LogP contribution in [0, 0.1) is 0 Å². The second kappa shape index (κ2) is 5.10. The first-order valence-corrected chi connectivity index (χ1v) is 7.93. The molecule has 0 saturated heterocycles. The van der Waals surface area contributed by atoms with Crippen molar-refractivity contribution in [1.82, 2.24) is 0 Å². The Morgan fingerprint density at radius 1 is 1.36 bits per heavy atom. The molecule has 0 spiro atoms. The number of esters is 1. The number of fused-ring (bicyclic) bond motifs is 1. The van der Waals surface area contributed by atoms with Crippen molar-refractivity contribution in [3.05, 3.63) is 57.4 Å². The second-order valence-corrected chi connectivity index (χ2v) is 6.26. The average Bonchev–Trinajstić information content (AvgIpc) is 3.18. The van der Waals surface area contributed by atoms with Gasteiger partial charge in [0.2, 0.25) is 5.90 Å². The van der Waals surface area contributed by atoms with Crippen molar-refractivity contribution in [1.29, 1.82) is 0 Å². The van der Waals surface area contributed by atoms with Gasteiger partial charge in [-0.1, -0.05) is 12.1 Å². The van der Waals surface area contributed by atoms with E-state index in [4.69, 9.17) is 9.47 Å². The van der Waals surface area contributed by atoms with Crippen molar-refractivity contribution >= 4 is 29.3 Å². The summed E-state index contributed by atoms with van der Waals surface area (Å²) in [5, 5.41) is 1.93. The van der Waals surface area contributed by atoms with Crippen LogP contribution in [0.2, 0.25) is 0 Å². The maximum Gasteiger partial charge on any atom is 0.363 e. The van der Waals surface area contributed by atoms with E-state index in [0.717, 1.165) is 28.2 Å². The SMILES string of the molecule is C[C@@H]1Cc2cc(/C=C3\N=C(c4cccs4)OC3=O)ccc2O1. The van der Waals surface area contributed by atoms with Crippen LogP contribution in [0.1, 0.15) is 22.9 Å². The zero-order valence-electron chi connectivity index (χ0n) is 11.9. The summed E-state index contributed by atoms with van der Waals surface area (Å²) in [6.07, 6.45) is 2.85. The molecule has 4 nitrogen and oxygen atoms in total. The summed E-state index contributed by atoms with van der Waals surface area (Å²) in [5.41, 5.74) is 2.42. The molecular formula is C17H13NO3S. The number of benzene rings is 1. The highest BCUT2D eigenvalue weighted by Gasteiger charge is 2.25. The van der Waals surface area contributed by atoms with Gasteiger partial charge in [-0.15, -0.1) is 11.3 Å². The molecule has 110 valence electrons. The summed E-state index contributed by atoms with van der Waals surface area (Å²) in [4.78, 5) is 17.1. The molecule has 2 aliphatic heterocycles. The van der Waals surface area contributed by atoms with Crippen molar-refractivity contribution in [3.8, 4) is 5.75 Å². The molecule has 2 aliphatic rings. The quantitative estimate of drug-likeness (QED) is 0.631. The number of nitrogens with zero attached hydrogens (tertiary/aromatic N) is 1. The molecule has 0 radical (unpaired) electrons. The van der Waals surface area contributed by atoms with E-state index in [0.29, 0.717) is 11.6 Å². The van der Waals surface area contributed by atoms with E-state index in [1.165, 1.54) is 11.3 Å². The number of carbonyl (C=O) groups is 1. The standard InChI is InChI=1S/C17H13NO3S/c1-10-7-12-8-11(4-5-14(12)20-10)9-13-17(19)21-16(18-13)15-3-2-6-22-15/h2-6,8-10H,7H2,1H3/b13-9-/t10-/m1/s1. The van der Waals surface area contributed by atoms with Gasteiger partial charge in [0.25, 0.3) is 0 Å². The number of rotatable bonds is 2. The van der Waals surface area contributed by atoms with Crippen LogP contribution < -0.4 is 4.74 Å². The molecule has 5 heteroatoms. The normalized spacial score (nSPS) is 21.5. The Balaban J connectivity index is 1.66.